The molecule has 1 heteroatoms. The standard InChI is InChI=1S/C15H13.C13H10.C9H13.Zr/c1-10-3-5-14-12(7-10)9-13-8-11(2)4-6-15(13)14;1-3-7-12(8-4-1)11-13-9-5-2-6-10-13;1-6-5-7(2)9(4)8(6)3;/h3-9H,1-2H3;1-10H;6H,1-4H3;/q-1;;-1;+2. The van der Waals surface area contributed by atoms with E-state index >= 15 is 0 Å². The van der Waals surface area contributed by atoms with Crippen LogP contribution in [0.2, 0.25) is 0 Å². The summed E-state index contributed by atoms with van der Waals surface area (Å²) in [5.74, 6) is 0.560. The van der Waals surface area contributed by atoms with Crippen LogP contribution >= 0.6 is 0 Å². The van der Waals surface area contributed by atoms with Gasteiger partial charge in [0.15, 0.2) is 0 Å². The van der Waals surface area contributed by atoms with Crippen LogP contribution in [0.5, 0.6) is 0 Å². The third-order valence-electron chi connectivity index (χ3n) is 7.38. The van der Waals surface area contributed by atoms with Crippen molar-refractivity contribution < 1.29 is 24.2 Å². The van der Waals surface area contributed by atoms with Gasteiger partial charge in [-0.05, 0) is 13.8 Å². The van der Waals surface area contributed by atoms with Gasteiger partial charge in [-0.3, -0.25) is 6.08 Å². The monoisotopic (exact) mass is 570 g/mol. The van der Waals surface area contributed by atoms with E-state index in [-0.39, 0.29) is 0 Å². The number of hydrogen-bond donors (Lipinski definition) is 0. The molecule has 5 aromatic rings. The Morgan fingerprint density at radius 1 is 0.658 bits per heavy atom. The molecule has 1 aliphatic carbocycles. The van der Waals surface area contributed by atoms with Gasteiger partial charge in [-0.2, -0.15) is 11.1 Å². The Bertz CT molecular complexity index is 1510. The molecule has 6 rings (SSSR count). The Kier molecular flexibility index (Phi) is 9.35. The normalized spacial score (nSPS) is 14.5. The van der Waals surface area contributed by atoms with Crippen LogP contribution in [0.3, 0.4) is 0 Å². The third-order valence-corrected chi connectivity index (χ3v) is 8.80. The van der Waals surface area contributed by atoms with Crippen LogP contribution in [0.25, 0.3) is 21.5 Å². The van der Waals surface area contributed by atoms with Crippen LogP contribution in [0.4, 0.5) is 0 Å². The molecule has 0 spiro atoms. The van der Waals surface area contributed by atoms with Crippen molar-refractivity contribution in [3.63, 3.8) is 0 Å². The van der Waals surface area contributed by atoms with Crippen molar-refractivity contribution in [2.45, 2.75) is 41.5 Å². The van der Waals surface area contributed by atoms with Crippen LogP contribution < -0.4 is 0 Å². The fourth-order valence-corrected chi connectivity index (χ4v) is 5.62. The molecule has 188 valence electrons. The van der Waals surface area contributed by atoms with Gasteiger partial charge >= 0.3 is 99.2 Å². The molecule has 0 saturated heterocycles. The minimum atomic E-state index is 0.560. The van der Waals surface area contributed by atoms with E-state index in [2.05, 4.69) is 151 Å². The molecule has 0 amide bonds. The van der Waals surface area contributed by atoms with Crippen molar-refractivity contribution in [1.82, 2.24) is 0 Å². The van der Waals surface area contributed by atoms with E-state index in [1.807, 2.05) is 0 Å². The average molecular weight is 572 g/mol. The van der Waals surface area contributed by atoms with Gasteiger partial charge in [-0.15, -0.1) is 46.7 Å². The molecule has 0 fully saturated rings. The summed E-state index contributed by atoms with van der Waals surface area (Å²) in [5.41, 5.74) is 9.56. The van der Waals surface area contributed by atoms with Crippen LogP contribution in [-0.2, 0) is 24.2 Å². The molecule has 0 radical (unpaired) electrons. The molecule has 0 heterocycles. The molecule has 1 aliphatic rings. The maximum atomic E-state index is 3.36. The Labute approximate surface area is 243 Å². The summed E-state index contributed by atoms with van der Waals surface area (Å²) in [6, 6.07) is 36.7. The van der Waals surface area contributed by atoms with Crippen LogP contribution in [0.1, 0.15) is 49.9 Å². The van der Waals surface area contributed by atoms with Crippen molar-refractivity contribution in [3.8, 4) is 0 Å². The second-order valence-corrected chi connectivity index (χ2v) is 11.5. The quantitative estimate of drug-likeness (QED) is 0.185. The maximum absolute atomic E-state index is 3.36. The molecule has 0 aromatic heterocycles. The van der Waals surface area contributed by atoms with Gasteiger partial charge in [0.25, 0.3) is 0 Å². The molecule has 0 nitrogen and oxygen atoms in total. The Hall–Kier alpha value is -3.02. The zero-order valence-electron chi connectivity index (χ0n) is 23.4. The van der Waals surface area contributed by atoms with Gasteiger partial charge in [0.2, 0.25) is 0 Å². The summed E-state index contributed by atoms with van der Waals surface area (Å²) in [4.78, 5) is 0. The molecule has 1 atom stereocenters. The average Bonchev–Trinajstić information content (AvgIpc) is 3.39. The van der Waals surface area contributed by atoms with E-state index in [1.165, 1.54) is 88.0 Å². The zero-order valence-corrected chi connectivity index (χ0v) is 25.9. The SMILES string of the molecule is CC1=[C-]C(C)C(C)=C1C.Cc1ccc2c(c1)[cH-]c1cc(C)ccc12.[Zr+2]=[C](c1ccccc1)c1ccccc1. The summed E-state index contributed by atoms with van der Waals surface area (Å²) < 4.78 is 1.42. The van der Waals surface area contributed by atoms with Gasteiger partial charge in [0.05, 0.1) is 0 Å². The molecule has 0 aliphatic heterocycles. The minimum absolute atomic E-state index is 0.560. The summed E-state index contributed by atoms with van der Waals surface area (Å²) in [6.07, 6.45) is 3.36. The van der Waals surface area contributed by atoms with Crippen LogP contribution in [-0.4, -0.2) is 3.21 Å². The Morgan fingerprint density at radius 3 is 1.45 bits per heavy atom. The second-order valence-electron chi connectivity index (χ2n) is 10.2. The van der Waals surface area contributed by atoms with E-state index in [0.717, 1.165) is 0 Å². The molecular formula is C37H36Zr. The number of fused-ring (bicyclic) bond motifs is 3. The molecular weight excluding hydrogens is 536 g/mol. The topological polar surface area (TPSA) is 0 Å². The van der Waals surface area contributed by atoms with Crippen molar-refractivity contribution >= 4 is 24.8 Å². The van der Waals surface area contributed by atoms with Crippen molar-refractivity contribution in [2.24, 2.45) is 5.92 Å². The summed E-state index contributed by atoms with van der Waals surface area (Å²) in [7, 11) is 0. The first-order chi connectivity index (χ1) is 18.2. The van der Waals surface area contributed by atoms with E-state index in [0.29, 0.717) is 5.92 Å². The number of allylic oxidation sites excluding steroid dienone is 4. The van der Waals surface area contributed by atoms with Gasteiger partial charge in [0.1, 0.15) is 0 Å². The summed E-state index contributed by atoms with van der Waals surface area (Å²) in [5, 5.41) is 5.46. The molecule has 5 aromatic carbocycles. The van der Waals surface area contributed by atoms with Gasteiger partial charge in [-0.25, -0.2) is 5.57 Å². The Morgan fingerprint density at radius 2 is 1.11 bits per heavy atom. The van der Waals surface area contributed by atoms with E-state index in [1.54, 1.807) is 0 Å². The van der Waals surface area contributed by atoms with E-state index in [4.69, 9.17) is 0 Å². The van der Waals surface area contributed by atoms with Gasteiger partial charge in [0, 0.05) is 0 Å². The van der Waals surface area contributed by atoms with Crippen LogP contribution in [0.15, 0.2) is 120 Å². The first-order valence-corrected chi connectivity index (χ1v) is 14.5. The van der Waals surface area contributed by atoms with Gasteiger partial charge < -0.3 is 0 Å². The second kappa shape index (κ2) is 12.7. The first-order valence-electron chi connectivity index (χ1n) is 13.3. The molecule has 38 heavy (non-hydrogen) atoms. The van der Waals surface area contributed by atoms with Crippen molar-refractivity contribution in [1.29, 1.82) is 0 Å². The van der Waals surface area contributed by atoms with E-state index in [9.17, 15) is 0 Å². The zero-order chi connectivity index (χ0) is 27.2. The summed E-state index contributed by atoms with van der Waals surface area (Å²) in [6.45, 7) is 13.0. The first kappa shape index (κ1) is 28.0. The van der Waals surface area contributed by atoms with E-state index < -0.39 is 0 Å². The van der Waals surface area contributed by atoms with Crippen molar-refractivity contribution in [3.05, 3.63) is 148 Å². The predicted molar refractivity (Wildman–Crippen MR) is 163 cm³/mol. The van der Waals surface area contributed by atoms with Crippen molar-refractivity contribution in [2.75, 3.05) is 0 Å². The number of hydrogen-bond acceptors (Lipinski definition) is 0. The van der Waals surface area contributed by atoms with Gasteiger partial charge in [-0.1, -0.05) is 62.1 Å². The molecule has 0 saturated carbocycles. The van der Waals surface area contributed by atoms with Crippen LogP contribution in [0, 0.1) is 25.8 Å². The number of aryl methyl sites for hydroxylation is 2. The number of rotatable bonds is 2. The molecule has 0 bridgehead atoms. The number of benzene rings is 4. The Balaban J connectivity index is 0.000000137. The predicted octanol–water partition coefficient (Wildman–Crippen LogP) is 9.85. The molecule has 1 unspecified atom stereocenters. The fraction of sp³-hybridized carbons (Fsp3) is 0.189. The third kappa shape index (κ3) is 6.70. The molecule has 0 N–H and O–H groups in total. The fourth-order valence-electron chi connectivity index (χ4n) is 4.80. The summed E-state index contributed by atoms with van der Waals surface area (Å²) >= 11 is 1.46.